The lowest BCUT2D eigenvalue weighted by Gasteiger charge is -2.15. The average molecular weight is 425 g/mol. The molecular formula is C24H40O4S. The highest BCUT2D eigenvalue weighted by atomic mass is 32.1. The smallest absolute Gasteiger partial charge is 0.336 e. The van der Waals surface area contributed by atoms with Gasteiger partial charge in [0.1, 0.15) is 0 Å². The van der Waals surface area contributed by atoms with E-state index in [1.54, 1.807) is 0 Å². The first-order chi connectivity index (χ1) is 13.5. The molecule has 0 saturated carbocycles. The van der Waals surface area contributed by atoms with Gasteiger partial charge in [0, 0.05) is 0 Å². The zero-order valence-electron chi connectivity index (χ0n) is 18.3. The molecule has 0 radical (unpaired) electrons. The minimum absolute atomic E-state index is 0. The Morgan fingerprint density at radius 3 is 1.66 bits per heavy atom. The molecule has 0 saturated heterocycles. The van der Waals surface area contributed by atoms with E-state index in [-0.39, 0.29) is 24.6 Å². The third-order valence-corrected chi connectivity index (χ3v) is 5.43. The van der Waals surface area contributed by atoms with E-state index in [2.05, 4.69) is 13.8 Å². The fourth-order valence-corrected chi connectivity index (χ4v) is 3.81. The lowest BCUT2D eigenvalue weighted by atomic mass is 9.89. The molecule has 0 aliphatic rings. The number of hydrogen-bond acceptors (Lipinski definition) is 2. The summed E-state index contributed by atoms with van der Waals surface area (Å²) in [7, 11) is 0. The second kappa shape index (κ2) is 16.3. The molecule has 1 rings (SSSR count). The van der Waals surface area contributed by atoms with E-state index >= 15 is 0 Å². The lowest BCUT2D eigenvalue weighted by Crippen LogP contribution is -2.14. The summed E-state index contributed by atoms with van der Waals surface area (Å²) in [5, 5.41) is 19.1. The van der Waals surface area contributed by atoms with Crippen molar-refractivity contribution in [1.29, 1.82) is 0 Å². The van der Waals surface area contributed by atoms with Crippen molar-refractivity contribution in [2.75, 3.05) is 0 Å². The van der Waals surface area contributed by atoms with Crippen LogP contribution in [0.4, 0.5) is 0 Å². The Hall–Kier alpha value is -1.49. The van der Waals surface area contributed by atoms with Crippen LogP contribution in [0.1, 0.15) is 123 Å². The second-order valence-electron chi connectivity index (χ2n) is 7.77. The summed E-state index contributed by atoms with van der Waals surface area (Å²) in [5.74, 6) is -2.28. The molecule has 0 aromatic heterocycles. The molecule has 5 heteroatoms. The van der Waals surface area contributed by atoms with Crippen LogP contribution in [-0.4, -0.2) is 22.2 Å². The Labute approximate surface area is 183 Å². The Morgan fingerprint density at radius 2 is 1.17 bits per heavy atom. The largest absolute Gasteiger partial charge is 0.478 e. The topological polar surface area (TPSA) is 74.6 Å². The predicted octanol–water partition coefficient (Wildman–Crippen LogP) is 7.00. The van der Waals surface area contributed by atoms with E-state index in [0.29, 0.717) is 6.42 Å². The standard InChI is InChI=1S/C24H38O4.H2S/c1-3-5-7-9-11-13-15-19-17-18-21(23(25)26)22(24(27)28)20(19)16-14-12-10-8-6-4-2;/h17-18H,3-16H2,1-2H3,(H,25,26)(H,27,28);1H2. The van der Waals surface area contributed by atoms with Crippen LogP contribution in [0.2, 0.25) is 0 Å². The molecule has 1 aromatic carbocycles. The van der Waals surface area contributed by atoms with Crippen LogP contribution in [0, 0.1) is 0 Å². The first kappa shape index (κ1) is 27.5. The Balaban J connectivity index is 0.00000784. The number of rotatable bonds is 16. The zero-order valence-corrected chi connectivity index (χ0v) is 19.3. The van der Waals surface area contributed by atoms with Crippen molar-refractivity contribution in [2.45, 2.75) is 104 Å². The van der Waals surface area contributed by atoms with Crippen LogP contribution in [0.3, 0.4) is 0 Å². The SMILES string of the molecule is CCCCCCCCc1ccc(C(=O)O)c(C(=O)O)c1CCCCCCCC.S. The van der Waals surface area contributed by atoms with Gasteiger partial charge in [-0.15, -0.1) is 0 Å². The van der Waals surface area contributed by atoms with Crippen LogP contribution < -0.4 is 0 Å². The van der Waals surface area contributed by atoms with Crippen LogP contribution >= 0.6 is 13.5 Å². The molecule has 0 aliphatic heterocycles. The van der Waals surface area contributed by atoms with Crippen molar-refractivity contribution in [1.82, 2.24) is 0 Å². The van der Waals surface area contributed by atoms with E-state index in [0.717, 1.165) is 49.7 Å². The molecular weight excluding hydrogens is 384 g/mol. The summed E-state index contributed by atoms with van der Waals surface area (Å²) in [5.41, 5.74) is 1.69. The van der Waals surface area contributed by atoms with Gasteiger partial charge < -0.3 is 10.2 Å². The van der Waals surface area contributed by atoms with Crippen molar-refractivity contribution < 1.29 is 19.8 Å². The van der Waals surface area contributed by atoms with Gasteiger partial charge in [-0.2, -0.15) is 13.5 Å². The summed E-state index contributed by atoms with van der Waals surface area (Å²) >= 11 is 0. The van der Waals surface area contributed by atoms with Gasteiger partial charge in [-0.3, -0.25) is 0 Å². The highest BCUT2D eigenvalue weighted by molar-refractivity contribution is 7.59. The normalized spacial score (nSPS) is 10.6. The average Bonchev–Trinajstić information content (AvgIpc) is 2.67. The van der Waals surface area contributed by atoms with Gasteiger partial charge >= 0.3 is 11.9 Å². The molecule has 0 fully saturated rings. The van der Waals surface area contributed by atoms with Gasteiger partial charge in [0.15, 0.2) is 0 Å². The monoisotopic (exact) mass is 424 g/mol. The highest BCUT2D eigenvalue weighted by Crippen LogP contribution is 2.25. The van der Waals surface area contributed by atoms with Crippen LogP contribution in [0.25, 0.3) is 0 Å². The van der Waals surface area contributed by atoms with Gasteiger partial charge in [0.05, 0.1) is 11.1 Å². The number of carboxylic acid groups (broad SMARTS) is 2. The van der Waals surface area contributed by atoms with E-state index in [1.807, 2.05) is 6.07 Å². The van der Waals surface area contributed by atoms with Gasteiger partial charge in [-0.25, -0.2) is 9.59 Å². The van der Waals surface area contributed by atoms with Crippen molar-refractivity contribution in [3.8, 4) is 0 Å². The molecule has 0 bridgehead atoms. The number of benzene rings is 1. The summed E-state index contributed by atoms with van der Waals surface area (Å²) in [6.45, 7) is 4.39. The molecule has 0 aliphatic carbocycles. The summed E-state index contributed by atoms with van der Waals surface area (Å²) < 4.78 is 0. The van der Waals surface area contributed by atoms with Crippen molar-refractivity contribution in [3.05, 3.63) is 34.4 Å². The van der Waals surface area contributed by atoms with Crippen molar-refractivity contribution in [3.63, 3.8) is 0 Å². The van der Waals surface area contributed by atoms with Crippen molar-refractivity contribution in [2.24, 2.45) is 0 Å². The third-order valence-electron chi connectivity index (χ3n) is 5.43. The van der Waals surface area contributed by atoms with Gasteiger partial charge in [0.25, 0.3) is 0 Å². The minimum atomic E-state index is -1.16. The number of unbranched alkanes of at least 4 members (excludes halogenated alkanes) is 10. The maximum Gasteiger partial charge on any atom is 0.336 e. The third kappa shape index (κ3) is 10.2. The number of carboxylic acids is 2. The highest BCUT2D eigenvalue weighted by Gasteiger charge is 2.22. The van der Waals surface area contributed by atoms with Crippen LogP contribution in [0.15, 0.2) is 12.1 Å². The first-order valence-electron chi connectivity index (χ1n) is 11.1. The molecule has 2 N–H and O–H groups in total. The van der Waals surface area contributed by atoms with E-state index < -0.39 is 11.9 Å². The Kier molecular flexibility index (Phi) is 15.5. The summed E-state index contributed by atoms with van der Waals surface area (Å²) in [6, 6.07) is 3.32. The molecule has 166 valence electrons. The van der Waals surface area contributed by atoms with E-state index in [4.69, 9.17) is 0 Å². The van der Waals surface area contributed by atoms with Gasteiger partial charge in [-0.05, 0) is 42.9 Å². The van der Waals surface area contributed by atoms with Crippen LogP contribution in [-0.2, 0) is 12.8 Å². The molecule has 0 heterocycles. The summed E-state index contributed by atoms with van der Waals surface area (Å²) in [4.78, 5) is 23.4. The lowest BCUT2D eigenvalue weighted by molar-refractivity contribution is 0.0650. The zero-order chi connectivity index (χ0) is 20.8. The summed E-state index contributed by atoms with van der Waals surface area (Å²) in [6.07, 6.45) is 15.4. The van der Waals surface area contributed by atoms with Gasteiger partial charge in [0.2, 0.25) is 0 Å². The first-order valence-corrected chi connectivity index (χ1v) is 11.1. The number of aryl methyl sites for hydroxylation is 1. The Bertz CT molecular complexity index is 613. The molecule has 0 atom stereocenters. The number of aromatic carboxylic acids is 2. The van der Waals surface area contributed by atoms with Crippen LogP contribution in [0.5, 0.6) is 0 Å². The molecule has 4 nitrogen and oxygen atoms in total. The predicted molar refractivity (Wildman–Crippen MR) is 125 cm³/mol. The fraction of sp³-hybridized carbons (Fsp3) is 0.667. The minimum Gasteiger partial charge on any atom is -0.478 e. The quantitative estimate of drug-likeness (QED) is 0.280. The molecule has 0 amide bonds. The molecule has 29 heavy (non-hydrogen) atoms. The molecule has 0 unspecified atom stereocenters. The molecule has 0 spiro atoms. The van der Waals surface area contributed by atoms with E-state index in [9.17, 15) is 19.8 Å². The van der Waals surface area contributed by atoms with Crippen molar-refractivity contribution >= 4 is 25.4 Å². The maximum atomic E-state index is 11.9. The Morgan fingerprint density at radius 1 is 0.690 bits per heavy atom. The van der Waals surface area contributed by atoms with Gasteiger partial charge in [-0.1, -0.05) is 84.1 Å². The van der Waals surface area contributed by atoms with E-state index in [1.165, 1.54) is 51.0 Å². The second-order valence-corrected chi connectivity index (χ2v) is 7.77. The maximum absolute atomic E-state index is 11.9. The molecule has 1 aromatic rings. The number of hydrogen-bond donors (Lipinski definition) is 2. The number of carbonyl (C=O) groups is 2. The fourth-order valence-electron chi connectivity index (χ4n) is 3.81.